The van der Waals surface area contributed by atoms with Crippen LogP contribution in [0.15, 0.2) is 42.5 Å². The normalized spacial score (nSPS) is 18.3. The van der Waals surface area contributed by atoms with Crippen LogP contribution in [0.2, 0.25) is 0 Å². The fourth-order valence-electron chi connectivity index (χ4n) is 4.64. The second-order valence-electron chi connectivity index (χ2n) is 9.18. The quantitative estimate of drug-likeness (QED) is 0.588. The first-order valence-electron chi connectivity index (χ1n) is 12.2. The summed E-state index contributed by atoms with van der Waals surface area (Å²) >= 11 is 0. The molecule has 3 aromatic rings. The molecule has 0 spiro atoms. The summed E-state index contributed by atoms with van der Waals surface area (Å²) < 4.78 is 5.25. The molecule has 0 saturated carbocycles. The minimum absolute atomic E-state index is 0.183. The number of para-hydroxylation sites is 1. The van der Waals surface area contributed by atoms with Gasteiger partial charge >= 0.3 is 0 Å². The van der Waals surface area contributed by atoms with E-state index in [0.29, 0.717) is 23.7 Å². The SMILES string of the molecule is Cc1ccc2c(N3CCCC3)nc(-c3ccccc3O)nc2c1.NC(=O)CC1CCCOCC1. The number of fused-ring (bicyclic) bond motifs is 1. The topological polar surface area (TPSA) is 102 Å². The van der Waals surface area contributed by atoms with Crippen molar-refractivity contribution < 1.29 is 14.6 Å². The molecule has 7 nitrogen and oxygen atoms in total. The van der Waals surface area contributed by atoms with Crippen LogP contribution in [0.1, 0.15) is 44.1 Å². The lowest BCUT2D eigenvalue weighted by Crippen LogP contribution is -2.20. The molecule has 1 atom stereocenters. The van der Waals surface area contributed by atoms with Crippen LogP contribution in [-0.2, 0) is 9.53 Å². The third-order valence-corrected chi connectivity index (χ3v) is 6.44. The number of anilines is 1. The standard InChI is InChI=1S/C19H19N3O.C8H15NO2/c1-13-8-9-14-16(12-13)20-18(15-6-2-3-7-17(15)23)21-19(14)22-10-4-5-11-22;9-8(10)6-7-2-1-4-11-5-3-7/h2-3,6-9,12,23H,4-5,10-11H2,1H3;7H,1-6H2,(H2,9,10). The third kappa shape index (κ3) is 6.03. The van der Waals surface area contributed by atoms with Crippen molar-refractivity contribution in [3.63, 3.8) is 0 Å². The summed E-state index contributed by atoms with van der Waals surface area (Å²) in [5, 5.41) is 11.2. The molecule has 2 aliphatic rings. The van der Waals surface area contributed by atoms with Crippen LogP contribution in [0.5, 0.6) is 5.75 Å². The Morgan fingerprint density at radius 3 is 2.65 bits per heavy atom. The highest BCUT2D eigenvalue weighted by atomic mass is 16.5. The predicted molar refractivity (Wildman–Crippen MR) is 135 cm³/mol. The molecule has 2 aliphatic heterocycles. The second kappa shape index (κ2) is 11.3. The lowest BCUT2D eigenvalue weighted by atomic mass is 9.97. The number of hydrogen-bond donors (Lipinski definition) is 2. The first-order valence-corrected chi connectivity index (χ1v) is 12.2. The van der Waals surface area contributed by atoms with E-state index < -0.39 is 0 Å². The number of ether oxygens (including phenoxy) is 1. The van der Waals surface area contributed by atoms with E-state index in [0.717, 1.165) is 62.3 Å². The van der Waals surface area contributed by atoms with Gasteiger partial charge in [0, 0.05) is 38.1 Å². The molecule has 2 fully saturated rings. The smallest absolute Gasteiger partial charge is 0.217 e. The number of benzene rings is 2. The van der Waals surface area contributed by atoms with E-state index in [1.54, 1.807) is 6.07 Å². The number of phenolic OH excluding ortho intramolecular Hbond substituents is 1. The number of aromatic hydroxyl groups is 1. The van der Waals surface area contributed by atoms with E-state index in [-0.39, 0.29) is 11.7 Å². The van der Waals surface area contributed by atoms with Gasteiger partial charge in [-0.25, -0.2) is 9.97 Å². The number of carbonyl (C=O) groups excluding carboxylic acids is 1. The monoisotopic (exact) mass is 462 g/mol. The number of rotatable bonds is 4. The first-order chi connectivity index (χ1) is 16.5. The van der Waals surface area contributed by atoms with Gasteiger partial charge in [-0.05, 0) is 74.8 Å². The Balaban J connectivity index is 0.000000210. The van der Waals surface area contributed by atoms with Crippen molar-refractivity contribution in [1.82, 2.24) is 9.97 Å². The Kier molecular flexibility index (Phi) is 7.95. The summed E-state index contributed by atoms with van der Waals surface area (Å²) in [6, 6.07) is 13.5. The van der Waals surface area contributed by atoms with Gasteiger partial charge < -0.3 is 20.5 Å². The van der Waals surface area contributed by atoms with Crippen LogP contribution in [0.25, 0.3) is 22.3 Å². The van der Waals surface area contributed by atoms with Gasteiger partial charge in [0.05, 0.1) is 11.1 Å². The summed E-state index contributed by atoms with van der Waals surface area (Å²) in [4.78, 5) is 22.4. The van der Waals surface area contributed by atoms with E-state index in [1.807, 2.05) is 18.2 Å². The van der Waals surface area contributed by atoms with Crippen molar-refractivity contribution in [3.05, 3.63) is 48.0 Å². The summed E-state index contributed by atoms with van der Waals surface area (Å²) in [5.74, 6) is 2.06. The summed E-state index contributed by atoms with van der Waals surface area (Å²) in [6.07, 6.45) is 6.07. The Morgan fingerprint density at radius 1 is 1.09 bits per heavy atom. The van der Waals surface area contributed by atoms with Gasteiger partial charge in [0.1, 0.15) is 11.6 Å². The van der Waals surface area contributed by atoms with Crippen molar-refractivity contribution in [2.45, 2.75) is 45.4 Å². The number of nitrogens with two attached hydrogens (primary N) is 1. The molecule has 180 valence electrons. The molecular formula is C27H34N4O3. The van der Waals surface area contributed by atoms with Gasteiger partial charge in [-0.3, -0.25) is 4.79 Å². The molecular weight excluding hydrogens is 428 g/mol. The highest BCUT2D eigenvalue weighted by molar-refractivity contribution is 5.92. The fourth-order valence-corrected chi connectivity index (χ4v) is 4.64. The molecule has 3 N–H and O–H groups in total. The van der Waals surface area contributed by atoms with Crippen molar-refractivity contribution >= 4 is 22.6 Å². The minimum atomic E-state index is -0.183. The van der Waals surface area contributed by atoms with Gasteiger partial charge in [-0.1, -0.05) is 18.2 Å². The summed E-state index contributed by atoms with van der Waals surface area (Å²) in [6.45, 7) is 5.75. The molecule has 5 rings (SSSR count). The van der Waals surface area contributed by atoms with Crippen LogP contribution in [0, 0.1) is 12.8 Å². The molecule has 34 heavy (non-hydrogen) atoms. The van der Waals surface area contributed by atoms with Crippen molar-refractivity contribution in [1.29, 1.82) is 0 Å². The number of aromatic nitrogens is 2. The highest BCUT2D eigenvalue weighted by Crippen LogP contribution is 2.33. The number of aryl methyl sites for hydroxylation is 1. The van der Waals surface area contributed by atoms with E-state index in [1.165, 1.54) is 18.4 Å². The molecule has 1 amide bonds. The average molecular weight is 463 g/mol. The van der Waals surface area contributed by atoms with Crippen molar-refractivity contribution in [3.8, 4) is 17.1 Å². The lowest BCUT2D eigenvalue weighted by Gasteiger charge is -2.19. The van der Waals surface area contributed by atoms with Gasteiger partial charge in [0.25, 0.3) is 0 Å². The number of amides is 1. The van der Waals surface area contributed by atoms with Gasteiger partial charge in [0.15, 0.2) is 5.82 Å². The Morgan fingerprint density at radius 2 is 1.88 bits per heavy atom. The van der Waals surface area contributed by atoms with E-state index >= 15 is 0 Å². The number of nitrogens with zero attached hydrogens (tertiary/aromatic N) is 3. The van der Waals surface area contributed by atoms with E-state index in [4.69, 9.17) is 20.4 Å². The van der Waals surface area contributed by atoms with Crippen molar-refractivity contribution in [2.24, 2.45) is 11.7 Å². The lowest BCUT2D eigenvalue weighted by molar-refractivity contribution is -0.119. The Hall–Kier alpha value is -3.19. The molecule has 3 heterocycles. The number of primary amides is 1. The third-order valence-electron chi connectivity index (χ3n) is 6.44. The van der Waals surface area contributed by atoms with Crippen LogP contribution in [-0.4, -0.2) is 47.3 Å². The largest absolute Gasteiger partial charge is 0.507 e. The predicted octanol–water partition coefficient (Wildman–Crippen LogP) is 4.59. The molecule has 1 aromatic heterocycles. The maximum Gasteiger partial charge on any atom is 0.217 e. The molecule has 7 heteroatoms. The zero-order valence-electron chi connectivity index (χ0n) is 19.9. The van der Waals surface area contributed by atoms with Gasteiger partial charge in [-0.15, -0.1) is 0 Å². The second-order valence-corrected chi connectivity index (χ2v) is 9.18. The van der Waals surface area contributed by atoms with Crippen LogP contribution >= 0.6 is 0 Å². The van der Waals surface area contributed by atoms with Crippen LogP contribution < -0.4 is 10.6 Å². The molecule has 2 aromatic carbocycles. The summed E-state index contributed by atoms with van der Waals surface area (Å²) in [7, 11) is 0. The molecule has 0 bridgehead atoms. The maximum absolute atomic E-state index is 10.6. The maximum atomic E-state index is 10.6. The van der Waals surface area contributed by atoms with Crippen molar-refractivity contribution in [2.75, 3.05) is 31.2 Å². The summed E-state index contributed by atoms with van der Waals surface area (Å²) in [5.41, 5.74) is 7.88. The van der Waals surface area contributed by atoms with E-state index in [2.05, 4.69) is 30.0 Å². The highest BCUT2D eigenvalue weighted by Gasteiger charge is 2.19. The van der Waals surface area contributed by atoms with Gasteiger partial charge in [0.2, 0.25) is 5.91 Å². The van der Waals surface area contributed by atoms with Gasteiger partial charge in [-0.2, -0.15) is 0 Å². The minimum Gasteiger partial charge on any atom is -0.507 e. The molecule has 0 aliphatic carbocycles. The number of hydrogen-bond acceptors (Lipinski definition) is 6. The number of phenols is 1. The zero-order valence-corrected chi connectivity index (χ0v) is 19.9. The van der Waals surface area contributed by atoms with Crippen LogP contribution in [0.3, 0.4) is 0 Å². The molecule has 2 saturated heterocycles. The number of carbonyl (C=O) groups is 1. The fraction of sp³-hybridized carbons (Fsp3) is 0.444. The Bertz CT molecular complexity index is 1120. The zero-order chi connectivity index (χ0) is 23.9. The Labute approximate surface area is 201 Å². The average Bonchev–Trinajstić information content (AvgIpc) is 3.24. The molecule has 0 radical (unpaired) electrons. The van der Waals surface area contributed by atoms with E-state index in [9.17, 15) is 9.90 Å². The van der Waals surface area contributed by atoms with Crippen LogP contribution in [0.4, 0.5) is 5.82 Å². The molecule has 1 unspecified atom stereocenters. The first kappa shape index (κ1) is 24.0.